The minimum absolute atomic E-state index is 0.160. The van der Waals surface area contributed by atoms with E-state index in [1.54, 1.807) is 23.6 Å². The van der Waals surface area contributed by atoms with Crippen LogP contribution in [-0.2, 0) is 23.7 Å². The maximum absolute atomic E-state index is 11.6. The quantitative estimate of drug-likeness (QED) is 0.330. The zero-order chi connectivity index (χ0) is 22.2. The Hall–Kier alpha value is -2.02. The zero-order valence-corrected chi connectivity index (χ0v) is 19.0. The molecule has 2 aromatic heterocycles. The van der Waals surface area contributed by atoms with Gasteiger partial charge in [0.05, 0.1) is 26.4 Å². The highest BCUT2D eigenvalue weighted by Crippen LogP contribution is 2.45. The van der Waals surface area contributed by atoms with E-state index in [-0.39, 0.29) is 31.0 Å². The number of carbonyl (C=O) groups excluding carboxylic acids is 1. The predicted octanol–water partition coefficient (Wildman–Crippen LogP) is 1.76. The Balaban J connectivity index is 1.68. The number of nitrogens with zero attached hydrogens (tertiary/aromatic N) is 5. The van der Waals surface area contributed by atoms with Crippen LogP contribution in [0.1, 0.15) is 39.7 Å². The molecular formula is C19H27N5O6S. The number of hydrogen-bond acceptors (Lipinski definition) is 11. The third-order valence-electron chi connectivity index (χ3n) is 5.24. The Kier molecular flexibility index (Phi) is 6.33. The number of carbonyl (C=O) groups is 1. The van der Waals surface area contributed by atoms with E-state index in [2.05, 4.69) is 27.2 Å². The molecule has 2 fully saturated rings. The van der Waals surface area contributed by atoms with Gasteiger partial charge >= 0.3 is 5.97 Å². The lowest BCUT2D eigenvalue weighted by molar-refractivity contribution is -0.173. The van der Waals surface area contributed by atoms with Gasteiger partial charge in [-0.05, 0) is 20.3 Å². The Labute approximate surface area is 184 Å². The lowest BCUT2D eigenvalue weighted by Gasteiger charge is -2.23. The number of hydrogen-bond donors (Lipinski definition) is 0. The fourth-order valence-electron chi connectivity index (χ4n) is 3.95. The average molecular weight is 454 g/mol. The van der Waals surface area contributed by atoms with Crippen LogP contribution in [0.3, 0.4) is 0 Å². The van der Waals surface area contributed by atoms with Crippen molar-refractivity contribution in [2.24, 2.45) is 0 Å². The number of methoxy groups -OCH3 is 2. The van der Waals surface area contributed by atoms with Crippen molar-refractivity contribution in [2.45, 2.75) is 68.9 Å². The monoisotopic (exact) mass is 453 g/mol. The number of thioether (sulfide) groups is 1. The van der Waals surface area contributed by atoms with Crippen LogP contribution in [-0.4, -0.2) is 81.6 Å². The van der Waals surface area contributed by atoms with Gasteiger partial charge in [0.1, 0.15) is 18.8 Å². The molecule has 170 valence electrons. The Morgan fingerprint density at radius 2 is 2.03 bits per heavy atom. The largest absolute Gasteiger partial charge is 0.479 e. The Morgan fingerprint density at radius 3 is 2.74 bits per heavy atom. The summed E-state index contributed by atoms with van der Waals surface area (Å²) < 4.78 is 30.0. The molecule has 0 bridgehead atoms. The molecular weight excluding hydrogens is 426 g/mol. The maximum atomic E-state index is 11.6. The van der Waals surface area contributed by atoms with Crippen molar-refractivity contribution in [3.8, 4) is 5.88 Å². The van der Waals surface area contributed by atoms with Crippen LogP contribution in [0.4, 0.5) is 0 Å². The summed E-state index contributed by atoms with van der Waals surface area (Å²) in [5.41, 5.74) is 1.05. The molecule has 0 aromatic carbocycles. The molecule has 0 spiro atoms. The van der Waals surface area contributed by atoms with Gasteiger partial charge in [-0.1, -0.05) is 23.9 Å². The van der Waals surface area contributed by atoms with Crippen LogP contribution in [0, 0.1) is 0 Å². The van der Waals surface area contributed by atoms with E-state index in [1.807, 2.05) is 13.8 Å². The standard InChI is InChI=1S/C19H27N5O6S/c1-6-7-31-18-20-16-13(17(21-18)27-5)22-23-24(16)10-8-11(28-9-12(25)26-4)15-14(10)29-19(2,3)30-15/h10-11,14-15H,6-9H2,1-5H3/t10-,11+,14+,15-/m1/s1. The Bertz CT molecular complexity index is 953. The topological polar surface area (TPSA) is 120 Å². The van der Waals surface area contributed by atoms with Crippen LogP contribution in [0.5, 0.6) is 5.88 Å². The smallest absolute Gasteiger partial charge is 0.331 e. The summed E-state index contributed by atoms with van der Waals surface area (Å²) in [5, 5.41) is 9.22. The van der Waals surface area contributed by atoms with Crippen molar-refractivity contribution in [3.05, 3.63) is 0 Å². The number of rotatable bonds is 8. The molecule has 1 aliphatic carbocycles. The molecule has 4 rings (SSSR count). The summed E-state index contributed by atoms with van der Waals surface area (Å²) in [4.78, 5) is 20.7. The first-order valence-corrected chi connectivity index (χ1v) is 11.2. The molecule has 3 heterocycles. The van der Waals surface area contributed by atoms with Crippen LogP contribution in [0.25, 0.3) is 11.2 Å². The predicted molar refractivity (Wildman–Crippen MR) is 110 cm³/mol. The number of fused-ring (bicyclic) bond motifs is 2. The molecule has 2 aromatic rings. The minimum atomic E-state index is -0.786. The molecule has 12 heteroatoms. The van der Waals surface area contributed by atoms with Gasteiger partial charge in [-0.25, -0.2) is 14.5 Å². The third-order valence-corrected chi connectivity index (χ3v) is 6.29. The first-order chi connectivity index (χ1) is 14.9. The van der Waals surface area contributed by atoms with E-state index < -0.39 is 11.8 Å². The Morgan fingerprint density at radius 1 is 1.26 bits per heavy atom. The van der Waals surface area contributed by atoms with Crippen LogP contribution >= 0.6 is 11.8 Å². The van der Waals surface area contributed by atoms with Gasteiger partial charge in [-0.15, -0.1) is 5.10 Å². The second-order valence-electron chi connectivity index (χ2n) is 7.86. The number of esters is 1. The molecule has 4 atom stereocenters. The summed E-state index contributed by atoms with van der Waals surface area (Å²) in [6.45, 7) is 5.64. The molecule has 11 nitrogen and oxygen atoms in total. The van der Waals surface area contributed by atoms with Gasteiger partial charge in [-0.3, -0.25) is 0 Å². The summed E-state index contributed by atoms with van der Waals surface area (Å²) in [5.74, 6) is 0.0385. The fraction of sp³-hybridized carbons (Fsp3) is 0.737. The molecule has 0 unspecified atom stereocenters. The molecule has 0 radical (unpaired) electrons. The maximum Gasteiger partial charge on any atom is 0.331 e. The van der Waals surface area contributed by atoms with Crippen LogP contribution < -0.4 is 4.74 Å². The van der Waals surface area contributed by atoms with Gasteiger partial charge in [-0.2, -0.15) is 4.98 Å². The van der Waals surface area contributed by atoms with Gasteiger partial charge in [0, 0.05) is 12.2 Å². The van der Waals surface area contributed by atoms with E-state index in [9.17, 15) is 4.79 Å². The summed E-state index contributed by atoms with van der Waals surface area (Å²) in [7, 11) is 2.88. The average Bonchev–Trinajstić information content (AvgIpc) is 3.40. The molecule has 1 saturated heterocycles. The molecule has 2 aliphatic rings. The van der Waals surface area contributed by atoms with E-state index in [0.29, 0.717) is 28.6 Å². The fourth-order valence-corrected chi connectivity index (χ4v) is 4.64. The molecule has 31 heavy (non-hydrogen) atoms. The summed E-state index contributed by atoms with van der Waals surface area (Å²) in [6, 6.07) is -0.247. The van der Waals surface area contributed by atoms with E-state index in [0.717, 1.165) is 12.2 Å². The minimum Gasteiger partial charge on any atom is -0.479 e. The van der Waals surface area contributed by atoms with Gasteiger partial charge in [0.2, 0.25) is 5.88 Å². The van der Waals surface area contributed by atoms with Crippen LogP contribution in [0.15, 0.2) is 5.16 Å². The molecule has 0 amide bonds. The van der Waals surface area contributed by atoms with E-state index >= 15 is 0 Å². The second kappa shape index (κ2) is 8.85. The summed E-state index contributed by atoms with van der Waals surface area (Å²) >= 11 is 1.55. The van der Waals surface area contributed by atoms with Crippen molar-refractivity contribution in [2.75, 3.05) is 26.6 Å². The highest BCUT2D eigenvalue weighted by molar-refractivity contribution is 7.99. The van der Waals surface area contributed by atoms with Crippen molar-refractivity contribution < 1.29 is 28.5 Å². The molecule has 1 saturated carbocycles. The normalized spacial score (nSPS) is 26.9. The van der Waals surface area contributed by atoms with Gasteiger partial charge < -0.3 is 23.7 Å². The van der Waals surface area contributed by atoms with Crippen molar-refractivity contribution >= 4 is 28.9 Å². The van der Waals surface area contributed by atoms with Crippen LogP contribution in [0.2, 0.25) is 0 Å². The highest BCUT2D eigenvalue weighted by Gasteiger charge is 2.56. The highest BCUT2D eigenvalue weighted by atomic mass is 32.2. The number of ether oxygens (including phenoxy) is 5. The molecule has 1 aliphatic heterocycles. The van der Waals surface area contributed by atoms with Gasteiger partial charge in [0.15, 0.2) is 22.1 Å². The van der Waals surface area contributed by atoms with Gasteiger partial charge in [0.25, 0.3) is 0 Å². The van der Waals surface area contributed by atoms with Crippen molar-refractivity contribution in [3.63, 3.8) is 0 Å². The lowest BCUT2D eigenvalue weighted by atomic mass is 10.2. The third kappa shape index (κ3) is 4.34. The summed E-state index contributed by atoms with van der Waals surface area (Å²) in [6.07, 6.45) is 0.451. The first kappa shape index (κ1) is 22.2. The van der Waals surface area contributed by atoms with E-state index in [1.165, 1.54) is 7.11 Å². The van der Waals surface area contributed by atoms with Crippen molar-refractivity contribution in [1.82, 2.24) is 25.0 Å². The van der Waals surface area contributed by atoms with E-state index in [4.69, 9.17) is 23.7 Å². The zero-order valence-electron chi connectivity index (χ0n) is 18.2. The molecule has 0 N–H and O–H groups in total. The van der Waals surface area contributed by atoms with Crippen molar-refractivity contribution in [1.29, 1.82) is 0 Å². The first-order valence-electron chi connectivity index (χ1n) is 10.2. The second-order valence-corrected chi connectivity index (χ2v) is 8.93. The lowest BCUT2D eigenvalue weighted by Crippen LogP contribution is -2.32. The SMILES string of the molecule is CCCSc1nc(OC)c2nnn([C@@H]3C[C@H](OCC(=O)OC)[C@H]4OC(C)(C)O[C@H]43)c2n1. The number of aromatic nitrogens is 5.